The number of rotatable bonds is 7. The van der Waals surface area contributed by atoms with Gasteiger partial charge in [-0.2, -0.15) is 0 Å². The van der Waals surface area contributed by atoms with E-state index in [2.05, 4.69) is 10.9 Å². The van der Waals surface area contributed by atoms with Crippen LogP contribution >= 0.6 is 0 Å². The summed E-state index contributed by atoms with van der Waals surface area (Å²) in [5.74, 6) is 1.48. The Hall–Kier alpha value is -3.42. The molecule has 0 fully saturated rings. The van der Waals surface area contributed by atoms with Gasteiger partial charge in [0, 0.05) is 5.56 Å². The Kier molecular flexibility index (Phi) is 6.78. The van der Waals surface area contributed by atoms with Gasteiger partial charge < -0.3 is 18.9 Å². The van der Waals surface area contributed by atoms with E-state index in [1.807, 2.05) is 6.92 Å². The number of amides is 2. The molecular weight excluding hydrogens is 376 g/mol. The molecule has 0 aromatic heterocycles. The SMILES string of the molecule is CCCOc1ccc(C(=O)NNC(=O)Cc2ccc3c(c2)OCCO3)cc1OC. The lowest BCUT2D eigenvalue weighted by Crippen LogP contribution is -2.42. The Labute approximate surface area is 169 Å². The number of fused-ring (bicyclic) bond motifs is 1. The first-order chi connectivity index (χ1) is 14.1. The summed E-state index contributed by atoms with van der Waals surface area (Å²) in [6.45, 7) is 3.54. The number of methoxy groups -OCH3 is 1. The second-order valence-corrected chi connectivity index (χ2v) is 6.37. The average Bonchev–Trinajstić information content (AvgIpc) is 2.75. The molecule has 0 spiro atoms. The predicted molar refractivity (Wildman–Crippen MR) is 106 cm³/mol. The molecule has 2 aromatic rings. The van der Waals surface area contributed by atoms with Crippen molar-refractivity contribution in [3.8, 4) is 23.0 Å². The van der Waals surface area contributed by atoms with E-state index in [0.717, 1.165) is 12.0 Å². The molecule has 1 aliphatic rings. The fourth-order valence-corrected chi connectivity index (χ4v) is 2.77. The number of hydrazine groups is 1. The highest BCUT2D eigenvalue weighted by molar-refractivity contribution is 5.96. The third-order valence-electron chi connectivity index (χ3n) is 4.17. The maximum Gasteiger partial charge on any atom is 0.269 e. The zero-order valence-electron chi connectivity index (χ0n) is 16.4. The molecule has 0 unspecified atom stereocenters. The first-order valence-electron chi connectivity index (χ1n) is 9.39. The summed E-state index contributed by atoms with van der Waals surface area (Å²) in [6.07, 6.45) is 0.949. The van der Waals surface area contributed by atoms with E-state index in [-0.39, 0.29) is 12.3 Å². The lowest BCUT2D eigenvalue weighted by Gasteiger charge is -2.18. The maximum absolute atomic E-state index is 12.3. The average molecular weight is 400 g/mol. The van der Waals surface area contributed by atoms with Crippen LogP contribution < -0.4 is 29.8 Å². The molecule has 154 valence electrons. The summed E-state index contributed by atoms with van der Waals surface area (Å²) in [7, 11) is 1.50. The van der Waals surface area contributed by atoms with Gasteiger partial charge in [0.15, 0.2) is 23.0 Å². The summed E-state index contributed by atoms with van der Waals surface area (Å²) < 4.78 is 21.8. The van der Waals surface area contributed by atoms with Crippen LogP contribution in [-0.4, -0.2) is 38.7 Å². The molecule has 1 aliphatic heterocycles. The van der Waals surface area contributed by atoms with Gasteiger partial charge in [-0.05, 0) is 42.3 Å². The van der Waals surface area contributed by atoms with Gasteiger partial charge in [-0.15, -0.1) is 0 Å². The zero-order valence-corrected chi connectivity index (χ0v) is 16.4. The smallest absolute Gasteiger partial charge is 0.269 e. The molecule has 0 radical (unpaired) electrons. The highest BCUT2D eigenvalue weighted by Crippen LogP contribution is 2.31. The number of benzene rings is 2. The maximum atomic E-state index is 12.3. The molecule has 2 amide bonds. The molecule has 3 rings (SSSR count). The van der Waals surface area contributed by atoms with Crippen molar-refractivity contribution in [3.05, 3.63) is 47.5 Å². The molecule has 29 heavy (non-hydrogen) atoms. The fourth-order valence-electron chi connectivity index (χ4n) is 2.77. The minimum Gasteiger partial charge on any atom is -0.493 e. The first-order valence-corrected chi connectivity index (χ1v) is 9.39. The Morgan fingerprint density at radius 2 is 1.79 bits per heavy atom. The molecule has 8 nitrogen and oxygen atoms in total. The van der Waals surface area contributed by atoms with Crippen LogP contribution in [0.3, 0.4) is 0 Å². The predicted octanol–water partition coefficient (Wildman–Crippen LogP) is 2.26. The van der Waals surface area contributed by atoms with E-state index in [0.29, 0.717) is 48.4 Å². The minimum atomic E-state index is -0.458. The quantitative estimate of drug-likeness (QED) is 0.693. The molecule has 0 saturated heterocycles. The summed E-state index contributed by atoms with van der Waals surface area (Å²) in [6, 6.07) is 10.2. The number of hydrogen-bond donors (Lipinski definition) is 2. The molecule has 1 heterocycles. The molecule has 0 atom stereocenters. The molecule has 0 bridgehead atoms. The van der Waals surface area contributed by atoms with Crippen LogP contribution in [0, 0.1) is 0 Å². The molecule has 8 heteroatoms. The van der Waals surface area contributed by atoms with Gasteiger partial charge in [0.1, 0.15) is 13.2 Å². The van der Waals surface area contributed by atoms with Crippen LogP contribution in [0.25, 0.3) is 0 Å². The lowest BCUT2D eigenvalue weighted by molar-refractivity contribution is -0.121. The molecule has 0 saturated carbocycles. The van der Waals surface area contributed by atoms with Crippen LogP contribution in [0.15, 0.2) is 36.4 Å². The van der Waals surface area contributed by atoms with Gasteiger partial charge in [0.2, 0.25) is 5.91 Å². The van der Waals surface area contributed by atoms with Gasteiger partial charge >= 0.3 is 0 Å². The summed E-state index contributed by atoms with van der Waals surface area (Å²) >= 11 is 0. The van der Waals surface area contributed by atoms with Crippen LogP contribution in [0.2, 0.25) is 0 Å². The summed E-state index contributed by atoms with van der Waals surface area (Å²) in [5, 5.41) is 0. The monoisotopic (exact) mass is 400 g/mol. The Morgan fingerprint density at radius 3 is 2.55 bits per heavy atom. The molecule has 2 aromatic carbocycles. The molecular formula is C21H24N2O6. The van der Waals surface area contributed by atoms with E-state index in [1.54, 1.807) is 36.4 Å². The third kappa shape index (κ3) is 5.31. The number of carbonyl (C=O) groups excluding carboxylic acids is 2. The topological polar surface area (TPSA) is 95.1 Å². The third-order valence-corrected chi connectivity index (χ3v) is 4.17. The summed E-state index contributed by atoms with van der Waals surface area (Å²) in [5.41, 5.74) is 5.91. The van der Waals surface area contributed by atoms with Crippen molar-refractivity contribution in [3.63, 3.8) is 0 Å². The van der Waals surface area contributed by atoms with Crippen molar-refractivity contribution in [1.82, 2.24) is 10.9 Å². The van der Waals surface area contributed by atoms with Crippen LogP contribution in [0.4, 0.5) is 0 Å². The van der Waals surface area contributed by atoms with Gasteiger partial charge in [-0.3, -0.25) is 20.4 Å². The molecule has 0 aliphatic carbocycles. The summed E-state index contributed by atoms with van der Waals surface area (Å²) in [4.78, 5) is 24.5. The van der Waals surface area contributed by atoms with Crippen molar-refractivity contribution in [2.45, 2.75) is 19.8 Å². The van der Waals surface area contributed by atoms with Gasteiger partial charge in [0.25, 0.3) is 5.91 Å². The van der Waals surface area contributed by atoms with Crippen molar-refractivity contribution >= 4 is 11.8 Å². The minimum absolute atomic E-state index is 0.0873. The lowest BCUT2D eigenvalue weighted by atomic mass is 10.1. The van der Waals surface area contributed by atoms with Crippen molar-refractivity contribution in [2.75, 3.05) is 26.9 Å². The van der Waals surface area contributed by atoms with E-state index in [9.17, 15) is 9.59 Å². The number of ether oxygens (including phenoxy) is 4. The van der Waals surface area contributed by atoms with Gasteiger partial charge in [-0.25, -0.2) is 0 Å². The number of carbonyl (C=O) groups is 2. The van der Waals surface area contributed by atoms with E-state index in [4.69, 9.17) is 18.9 Å². The van der Waals surface area contributed by atoms with Crippen LogP contribution in [0.5, 0.6) is 23.0 Å². The van der Waals surface area contributed by atoms with Crippen LogP contribution in [-0.2, 0) is 11.2 Å². The second kappa shape index (κ2) is 9.68. The van der Waals surface area contributed by atoms with E-state index in [1.165, 1.54) is 7.11 Å². The number of hydrogen-bond acceptors (Lipinski definition) is 6. The second-order valence-electron chi connectivity index (χ2n) is 6.37. The first kappa shape index (κ1) is 20.3. The zero-order chi connectivity index (χ0) is 20.6. The Bertz CT molecular complexity index is 883. The van der Waals surface area contributed by atoms with Crippen molar-refractivity contribution < 1.29 is 28.5 Å². The Balaban J connectivity index is 1.55. The highest BCUT2D eigenvalue weighted by Gasteiger charge is 2.15. The fraction of sp³-hybridized carbons (Fsp3) is 0.333. The number of nitrogens with one attached hydrogen (secondary N) is 2. The highest BCUT2D eigenvalue weighted by atomic mass is 16.6. The van der Waals surface area contributed by atoms with Crippen molar-refractivity contribution in [1.29, 1.82) is 0 Å². The van der Waals surface area contributed by atoms with Gasteiger partial charge in [0.05, 0.1) is 20.1 Å². The van der Waals surface area contributed by atoms with E-state index >= 15 is 0 Å². The molecule has 2 N–H and O–H groups in total. The van der Waals surface area contributed by atoms with Crippen molar-refractivity contribution in [2.24, 2.45) is 0 Å². The van der Waals surface area contributed by atoms with Gasteiger partial charge in [-0.1, -0.05) is 13.0 Å². The van der Waals surface area contributed by atoms with Crippen LogP contribution in [0.1, 0.15) is 29.3 Å². The Morgan fingerprint density at radius 1 is 1.00 bits per heavy atom. The normalized spacial score (nSPS) is 12.1. The van der Waals surface area contributed by atoms with E-state index < -0.39 is 5.91 Å². The largest absolute Gasteiger partial charge is 0.493 e. The standard InChI is InChI=1S/C21H24N2O6/c1-3-8-27-16-7-5-15(13-18(16)26-2)21(25)23-22-20(24)12-14-4-6-17-19(11-14)29-10-9-28-17/h4-7,11,13H,3,8-10,12H2,1-2H3,(H,22,24)(H,23,25).